The second-order valence-electron chi connectivity index (χ2n) is 5.96. The molecular formula is C17H27N3O2. The van der Waals surface area contributed by atoms with Crippen molar-refractivity contribution in [1.82, 2.24) is 10.3 Å². The van der Waals surface area contributed by atoms with Gasteiger partial charge in [-0.2, -0.15) is 0 Å². The van der Waals surface area contributed by atoms with Crippen LogP contribution in [0, 0.1) is 0 Å². The van der Waals surface area contributed by atoms with Crippen LogP contribution in [0.1, 0.15) is 55.8 Å². The van der Waals surface area contributed by atoms with Crippen LogP contribution < -0.4 is 10.2 Å². The van der Waals surface area contributed by atoms with Crippen molar-refractivity contribution < 1.29 is 9.90 Å². The molecule has 1 aromatic rings. The number of pyridine rings is 1. The number of anilines is 1. The Balaban J connectivity index is 1.89. The maximum Gasteiger partial charge on any atom is 0.252 e. The molecule has 1 amide bonds. The van der Waals surface area contributed by atoms with E-state index in [2.05, 4.69) is 15.2 Å². The topological polar surface area (TPSA) is 65.5 Å². The highest BCUT2D eigenvalue weighted by molar-refractivity contribution is 5.94. The van der Waals surface area contributed by atoms with Gasteiger partial charge in [0.1, 0.15) is 5.82 Å². The lowest BCUT2D eigenvalue weighted by atomic mass is 10.2. The number of aromatic nitrogens is 1. The Hall–Kier alpha value is -1.62. The monoisotopic (exact) mass is 305 g/mol. The summed E-state index contributed by atoms with van der Waals surface area (Å²) in [5.41, 5.74) is 0.544. The van der Waals surface area contributed by atoms with Crippen molar-refractivity contribution in [1.29, 1.82) is 0 Å². The second-order valence-corrected chi connectivity index (χ2v) is 5.96. The number of carbonyl (C=O) groups is 1. The number of aliphatic hydroxyl groups is 1. The average molecular weight is 305 g/mol. The van der Waals surface area contributed by atoms with Crippen molar-refractivity contribution >= 4 is 11.7 Å². The zero-order chi connectivity index (χ0) is 15.8. The van der Waals surface area contributed by atoms with Crippen LogP contribution in [-0.4, -0.2) is 41.7 Å². The number of rotatable bonds is 6. The molecule has 0 aromatic carbocycles. The van der Waals surface area contributed by atoms with Gasteiger partial charge in [-0.3, -0.25) is 4.79 Å². The Kier molecular flexibility index (Phi) is 6.65. The molecule has 1 aliphatic rings. The summed E-state index contributed by atoms with van der Waals surface area (Å²) in [4.78, 5) is 18.7. The summed E-state index contributed by atoms with van der Waals surface area (Å²) in [7, 11) is 0. The normalized spacial score (nSPS) is 16.9. The number of nitrogens with zero attached hydrogens (tertiary/aromatic N) is 2. The molecule has 0 radical (unpaired) electrons. The first-order chi connectivity index (χ1) is 10.7. The number of hydrogen-bond acceptors (Lipinski definition) is 4. The third-order valence-corrected chi connectivity index (χ3v) is 4.06. The third kappa shape index (κ3) is 4.98. The quantitative estimate of drug-likeness (QED) is 0.847. The molecule has 0 saturated carbocycles. The van der Waals surface area contributed by atoms with Gasteiger partial charge in [-0.1, -0.05) is 26.2 Å². The molecular weight excluding hydrogens is 278 g/mol. The highest BCUT2D eigenvalue weighted by Gasteiger charge is 2.13. The Labute approximate surface area is 132 Å². The summed E-state index contributed by atoms with van der Waals surface area (Å²) in [5.74, 6) is 0.773. The minimum absolute atomic E-state index is 0.176. The molecule has 1 unspecified atom stereocenters. The van der Waals surface area contributed by atoms with Crippen molar-refractivity contribution in [2.45, 2.75) is 51.6 Å². The van der Waals surface area contributed by atoms with Gasteiger partial charge < -0.3 is 15.3 Å². The number of carbonyl (C=O) groups excluding carboxylic acids is 1. The van der Waals surface area contributed by atoms with Gasteiger partial charge >= 0.3 is 0 Å². The van der Waals surface area contributed by atoms with E-state index in [1.54, 1.807) is 6.20 Å². The van der Waals surface area contributed by atoms with Gasteiger partial charge in [0.15, 0.2) is 0 Å². The molecule has 5 heteroatoms. The lowest BCUT2D eigenvalue weighted by molar-refractivity contribution is 0.0910. The average Bonchev–Trinajstić information content (AvgIpc) is 2.82. The van der Waals surface area contributed by atoms with Crippen molar-refractivity contribution in [2.24, 2.45) is 0 Å². The molecule has 1 aromatic heterocycles. The van der Waals surface area contributed by atoms with Crippen LogP contribution in [0.25, 0.3) is 0 Å². The fraction of sp³-hybridized carbons (Fsp3) is 0.647. The summed E-state index contributed by atoms with van der Waals surface area (Å²) in [6.07, 6.45) is 7.75. The Bertz CT molecular complexity index is 453. The van der Waals surface area contributed by atoms with Crippen LogP contribution in [0.2, 0.25) is 0 Å². The van der Waals surface area contributed by atoms with E-state index in [1.807, 2.05) is 19.1 Å². The van der Waals surface area contributed by atoms with Gasteiger partial charge in [-0.05, 0) is 31.4 Å². The summed E-state index contributed by atoms with van der Waals surface area (Å²) >= 11 is 0. The maximum absolute atomic E-state index is 12.0. The molecule has 2 N–H and O–H groups in total. The van der Waals surface area contributed by atoms with Gasteiger partial charge in [-0.25, -0.2) is 4.98 Å². The fourth-order valence-corrected chi connectivity index (χ4v) is 2.76. The highest BCUT2D eigenvalue weighted by Crippen LogP contribution is 2.17. The molecule has 5 nitrogen and oxygen atoms in total. The first-order valence-corrected chi connectivity index (χ1v) is 8.38. The predicted octanol–water partition coefficient (Wildman–Crippen LogP) is 2.35. The van der Waals surface area contributed by atoms with Gasteiger partial charge in [-0.15, -0.1) is 0 Å². The molecule has 22 heavy (non-hydrogen) atoms. The largest absolute Gasteiger partial charge is 0.391 e. The van der Waals surface area contributed by atoms with Crippen LogP contribution in [-0.2, 0) is 0 Å². The Morgan fingerprint density at radius 3 is 2.64 bits per heavy atom. The molecule has 1 fully saturated rings. The standard InChI is InChI=1S/C17H27N3O2/c1-2-7-15(21)13-19-17(22)14-8-9-16(18-12-14)20-10-5-3-4-6-11-20/h8-9,12,15,21H,2-7,10-11,13H2,1H3,(H,19,22). The highest BCUT2D eigenvalue weighted by atomic mass is 16.3. The first-order valence-electron chi connectivity index (χ1n) is 8.38. The molecule has 122 valence electrons. The number of nitrogens with one attached hydrogen (secondary N) is 1. The van der Waals surface area contributed by atoms with Crippen LogP contribution in [0.4, 0.5) is 5.82 Å². The third-order valence-electron chi connectivity index (χ3n) is 4.06. The summed E-state index contributed by atoms with van der Waals surface area (Å²) in [6, 6.07) is 3.73. The van der Waals surface area contributed by atoms with Crippen LogP contribution in [0.3, 0.4) is 0 Å². The lowest BCUT2D eigenvalue weighted by Crippen LogP contribution is -2.32. The van der Waals surface area contributed by atoms with E-state index in [1.165, 1.54) is 25.7 Å². The number of hydrogen-bond donors (Lipinski definition) is 2. The van der Waals surface area contributed by atoms with E-state index in [4.69, 9.17) is 0 Å². The SMILES string of the molecule is CCCC(O)CNC(=O)c1ccc(N2CCCCCC2)nc1. The first kappa shape index (κ1) is 16.7. The van der Waals surface area contributed by atoms with Gasteiger partial charge in [0.2, 0.25) is 0 Å². The van der Waals surface area contributed by atoms with Crippen molar-refractivity contribution in [3.8, 4) is 0 Å². The fourth-order valence-electron chi connectivity index (χ4n) is 2.76. The zero-order valence-electron chi connectivity index (χ0n) is 13.4. The molecule has 1 aliphatic heterocycles. The predicted molar refractivity (Wildman–Crippen MR) is 88.2 cm³/mol. The maximum atomic E-state index is 12.0. The van der Waals surface area contributed by atoms with Crippen LogP contribution in [0.15, 0.2) is 18.3 Å². The van der Waals surface area contributed by atoms with E-state index < -0.39 is 6.10 Å². The lowest BCUT2D eigenvalue weighted by Gasteiger charge is -2.21. The molecule has 0 bridgehead atoms. The van der Waals surface area contributed by atoms with Gasteiger partial charge in [0.25, 0.3) is 5.91 Å². The molecule has 0 aliphatic carbocycles. The van der Waals surface area contributed by atoms with Gasteiger partial charge in [0.05, 0.1) is 11.7 Å². The van der Waals surface area contributed by atoms with Gasteiger partial charge in [0, 0.05) is 25.8 Å². The molecule has 2 rings (SSSR count). The Morgan fingerprint density at radius 1 is 1.32 bits per heavy atom. The van der Waals surface area contributed by atoms with E-state index in [0.29, 0.717) is 18.5 Å². The second kappa shape index (κ2) is 8.73. The molecule has 0 spiro atoms. The van der Waals surface area contributed by atoms with Crippen molar-refractivity contribution in [3.63, 3.8) is 0 Å². The van der Waals surface area contributed by atoms with E-state index in [-0.39, 0.29) is 5.91 Å². The van der Waals surface area contributed by atoms with E-state index in [9.17, 15) is 9.90 Å². The molecule has 2 heterocycles. The van der Waals surface area contributed by atoms with E-state index >= 15 is 0 Å². The minimum atomic E-state index is -0.474. The number of aliphatic hydroxyl groups excluding tert-OH is 1. The minimum Gasteiger partial charge on any atom is -0.391 e. The van der Waals surface area contributed by atoms with Crippen LogP contribution >= 0.6 is 0 Å². The Morgan fingerprint density at radius 2 is 2.05 bits per heavy atom. The summed E-state index contributed by atoms with van der Waals surface area (Å²) in [5, 5.41) is 12.4. The zero-order valence-corrected chi connectivity index (χ0v) is 13.4. The summed E-state index contributed by atoms with van der Waals surface area (Å²) < 4.78 is 0. The van der Waals surface area contributed by atoms with Crippen LogP contribution in [0.5, 0.6) is 0 Å². The van der Waals surface area contributed by atoms with E-state index in [0.717, 1.165) is 25.3 Å². The molecule has 1 saturated heterocycles. The van der Waals surface area contributed by atoms with Crippen molar-refractivity contribution in [3.05, 3.63) is 23.9 Å². The summed E-state index contributed by atoms with van der Waals surface area (Å²) in [6.45, 7) is 4.39. The smallest absolute Gasteiger partial charge is 0.252 e. The van der Waals surface area contributed by atoms with Crippen molar-refractivity contribution in [2.75, 3.05) is 24.5 Å². The molecule has 1 atom stereocenters. The number of amides is 1.